The van der Waals surface area contributed by atoms with Crippen molar-refractivity contribution < 1.29 is 9.18 Å². The number of imidazole rings is 2. The summed E-state index contributed by atoms with van der Waals surface area (Å²) in [6.07, 6.45) is 2.11. The number of nitrogens with one attached hydrogen (secondary N) is 2. The van der Waals surface area contributed by atoms with Crippen LogP contribution in [0.1, 0.15) is 24.5 Å². The van der Waals surface area contributed by atoms with Crippen LogP contribution < -0.4 is 5.32 Å². The molecular weight excluding hydrogens is 401 g/mol. The van der Waals surface area contributed by atoms with E-state index in [2.05, 4.69) is 20.3 Å². The molecule has 3 aromatic heterocycles. The fourth-order valence-electron chi connectivity index (χ4n) is 3.42. The third kappa shape index (κ3) is 3.46. The zero-order valence-electron chi connectivity index (χ0n) is 16.1. The molecule has 3 heterocycles. The summed E-state index contributed by atoms with van der Waals surface area (Å²) in [5, 5.41) is 4.93. The Morgan fingerprint density at radius 3 is 2.80 bits per heavy atom. The highest BCUT2D eigenvalue weighted by molar-refractivity contribution is 7.15. The number of aromatic nitrogens is 4. The van der Waals surface area contributed by atoms with Crippen LogP contribution in [0.3, 0.4) is 0 Å². The van der Waals surface area contributed by atoms with E-state index in [9.17, 15) is 9.18 Å². The highest BCUT2D eigenvalue weighted by Crippen LogP contribution is 2.24. The number of amides is 1. The Hall–Kier alpha value is -3.52. The number of benzene rings is 2. The van der Waals surface area contributed by atoms with E-state index in [4.69, 9.17) is 0 Å². The number of rotatable bonds is 5. The molecule has 1 atom stereocenters. The van der Waals surface area contributed by atoms with Gasteiger partial charge in [0.2, 0.25) is 5.91 Å². The van der Waals surface area contributed by atoms with Gasteiger partial charge in [-0.2, -0.15) is 0 Å². The van der Waals surface area contributed by atoms with Gasteiger partial charge in [-0.3, -0.25) is 9.20 Å². The number of fused-ring (bicyclic) bond motifs is 2. The van der Waals surface area contributed by atoms with Gasteiger partial charge in [-0.25, -0.2) is 14.4 Å². The van der Waals surface area contributed by atoms with Gasteiger partial charge in [0.25, 0.3) is 0 Å². The lowest BCUT2D eigenvalue weighted by molar-refractivity contribution is -0.121. The molecule has 0 fully saturated rings. The smallest absolute Gasteiger partial charge is 0.226 e. The van der Waals surface area contributed by atoms with Gasteiger partial charge in [-0.1, -0.05) is 12.1 Å². The summed E-state index contributed by atoms with van der Waals surface area (Å²) < 4.78 is 15.1. The van der Waals surface area contributed by atoms with E-state index in [0.29, 0.717) is 0 Å². The molecular formula is C22H18FN5OS. The van der Waals surface area contributed by atoms with Crippen molar-refractivity contribution in [1.82, 2.24) is 24.7 Å². The number of hydrogen-bond donors (Lipinski definition) is 2. The Labute approximate surface area is 175 Å². The fraction of sp³-hybridized carbons (Fsp3) is 0.136. The molecule has 8 heteroatoms. The second kappa shape index (κ2) is 7.38. The fourth-order valence-corrected chi connectivity index (χ4v) is 4.29. The number of H-pyrrole nitrogens is 1. The molecule has 0 aliphatic carbocycles. The Balaban J connectivity index is 1.32. The van der Waals surface area contributed by atoms with E-state index in [1.807, 2.05) is 47.2 Å². The molecule has 1 amide bonds. The minimum Gasteiger partial charge on any atom is -0.346 e. The summed E-state index contributed by atoms with van der Waals surface area (Å²) in [4.78, 5) is 25.8. The van der Waals surface area contributed by atoms with E-state index in [-0.39, 0.29) is 24.2 Å². The van der Waals surface area contributed by atoms with Gasteiger partial charge < -0.3 is 10.3 Å². The predicted octanol–water partition coefficient (Wildman–Crippen LogP) is 4.50. The maximum Gasteiger partial charge on any atom is 0.226 e. The number of hydrogen-bond acceptors (Lipinski definition) is 4. The number of thiazole rings is 1. The van der Waals surface area contributed by atoms with Crippen molar-refractivity contribution in [2.75, 3.05) is 0 Å². The molecule has 2 N–H and O–H groups in total. The van der Waals surface area contributed by atoms with Crippen molar-refractivity contribution in [1.29, 1.82) is 0 Å². The van der Waals surface area contributed by atoms with Crippen LogP contribution in [0, 0.1) is 5.82 Å². The maximum absolute atomic E-state index is 13.2. The van der Waals surface area contributed by atoms with Crippen LogP contribution in [0.2, 0.25) is 0 Å². The molecule has 0 aliphatic heterocycles. The molecule has 0 bridgehead atoms. The Bertz CT molecular complexity index is 1320. The molecule has 0 unspecified atom stereocenters. The molecule has 0 spiro atoms. The lowest BCUT2D eigenvalue weighted by atomic mass is 10.2. The van der Waals surface area contributed by atoms with E-state index in [0.717, 1.165) is 38.8 Å². The summed E-state index contributed by atoms with van der Waals surface area (Å²) in [6, 6.07) is 13.8. The van der Waals surface area contributed by atoms with E-state index in [1.165, 1.54) is 23.5 Å². The SMILES string of the molecule is C[C@@H](NC(=O)Cc1csc2nc(-c3ccc(F)cc3)cn12)c1nc2ccccc2[nH]1. The quantitative estimate of drug-likeness (QED) is 0.441. The van der Waals surface area contributed by atoms with E-state index >= 15 is 0 Å². The molecule has 5 aromatic rings. The predicted molar refractivity (Wildman–Crippen MR) is 115 cm³/mol. The first-order chi connectivity index (χ1) is 14.6. The zero-order chi connectivity index (χ0) is 20.7. The summed E-state index contributed by atoms with van der Waals surface area (Å²) in [5.74, 6) is 0.344. The van der Waals surface area contributed by atoms with Crippen LogP contribution in [-0.2, 0) is 11.2 Å². The largest absolute Gasteiger partial charge is 0.346 e. The maximum atomic E-state index is 13.2. The molecule has 5 rings (SSSR count). The van der Waals surface area contributed by atoms with Crippen LogP contribution >= 0.6 is 11.3 Å². The Kier molecular flexibility index (Phi) is 4.55. The first kappa shape index (κ1) is 18.5. The number of carbonyl (C=O) groups is 1. The van der Waals surface area contributed by atoms with Gasteiger partial charge in [-0.15, -0.1) is 11.3 Å². The number of para-hydroxylation sites is 2. The van der Waals surface area contributed by atoms with Crippen molar-refractivity contribution >= 4 is 33.2 Å². The van der Waals surface area contributed by atoms with Crippen LogP contribution in [0.4, 0.5) is 4.39 Å². The normalized spacial score (nSPS) is 12.5. The lowest BCUT2D eigenvalue weighted by Gasteiger charge is -2.11. The summed E-state index contributed by atoms with van der Waals surface area (Å²) in [7, 11) is 0. The van der Waals surface area contributed by atoms with Crippen molar-refractivity contribution in [3.05, 3.63) is 77.4 Å². The van der Waals surface area contributed by atoms with Crippen LogP contribution in [-0.4, -0.2) is 25.3 Å². The molecule has 0 aliphatic rings. The van der Waals surface area contributed by atoms with E-state index < -0.39 is 0 Å². The van der Waals surface area contributed by atoms with Gasteiger partial charge in [-0.05, 0) is 43.3 Å². The van der Waals surface area contributed by atoms with Gasteiger partial charge in [0, 0.05) is 22.8 Å². The minimum atomic E-state index is -0.282. The summed E-state index contributed by atoms with van der Waals surface area (Å²) >= 11 is 1.47. The summed E-state index contributed by atoms with van der Waals surface area (Å²) in [6.45, 7) is 1.91. The molecule has 150 valence electrons. The first-order valence-electron chi connectivity index (χ1n) is 9.52. The third-order valence-corrected chi connectivity index (χ3v) is 5.85. The van der Waals surface area contributed by atoms with Crippen molar-refractivity contribution in [3.63, 3.8) is 0 Å². The lowest BCUT2D eigenvalue weighted by Crippen LogP contribution is -2.29. The van der Waals surface area contributed by atoms with Crippen molar-refractivity contribution in [3.8, 4) is 11.3 Å². The molecule has 2 aromatic carbocycles. The average molecular weight is 419 g/mol. The van der Waals surface area contributed by atoms with Crippen molar-refractivity contribution in [2.45, 2.75) is 19.4 Å². The Morgan fingerprint density at radius 1 is 1.20 bits per heavy atom. The van der Waals surface area contributed by atoms with Gasteiger partial charge >= 0.3 is 0 Å². The molecule has 6 nitrogen and oxygen atoms in total. The summed E-state index contributed by atoms with van der Waals surface area (Å²) in [5.41, 5.74) is 4.25. The average Bonchev–Trinajstić information content (AvgIpc) is 3.43. The third-order valence-electron chi connectivity index (χ3n) is 4.96. The number of nitrogens with zero attached hydrogens (tertiary/aromatic N) is 3. The second-order valence-corrected chi connectivity index (χ2v) is 7.95. The zero-order valence-corrected chi connectivity index (χ0v) is 16.9. The number of carbonyl (C=O) groups excluding carboxylic acids is 1. The number of halogens is 1. The van der Waals surface area contributed by atoms with Crippen LogP contribution in [0.5, 0.6) is 0 Å². The van der Waals surface area contributed by atoms with Crippen LogP contribution in [0.25, 0.3) is 27.3 Å². The van der Waals surface area contributed by atoms with Crippen LogP contribution in [0.15, 0.2) is 60.1 Å². The second-order valence-electron chi connectivity index (χ2n) is 7.12. The molecule has 0 radical (unpaired) electrons. The highest BCUT2D eigenvalue weighted by Gasteiger charge is 2.16. The van der Waals surface area contributed by atoms with E-state index in [1.54, 1.807) is 12.1 Å². The molecule has 30 heavy (non-hydrogen) atoms. The Morgan fingerprint density at radius 2 is 2.00 bits per heavy atom. The monoisotopic (exact) mass is 419 g/mol. The van der Waals surface area contributed by atoms with Gasteiger partial charge in [0.1, 0.15) is 11.6 Å². The topological polar surface area (TPSA) is 75.1 Å². The first-order valence-corrected chi connectivity index (χ1v) is 10.4. The molecule has 0 saturated carbocycles. The van der Waals surface area contributed by atoms with Gasteiger partial charge in [0.15, 0.2) is 4.96 Å². The highest BCUT2D eigenvalue weighted by atomic mass is 32.1. The van der Waals surface area contributed by atoms with Gasteiger partial charge in [0.05, 0.1) is 29.2 Å². The molecule has 0 saturated heterocycles. The standard InChI is InChI=1S/C22H18FN5OS/c1-13(21-25-17-4-2-3-5-18(17)26-21)24-20(29)10-16-12-30-22-27-19(11-28(16)22)14-6-8-15(23)9-7-14/h2-9,11-13H,10H2,1H3,(H,24,29)(H,25,26)/t13-/m1/s1. The minimum absolute atomic E-state index is 0.0975. The van der Waals surface area contributed by atoms with Crippen molar-refractivity contribution in [2.24, 2.45) is 0 Å². The number of aromatic amines is 1.